The molecular weight excluding hydrogens is 424 g/mol. The van der Waals surface area contributed by atoms with Crippen LogP contribution in [0.4, 0.5) is 0 Å². The van der Waals surface area contributed by atoms with Crippen LogP contribution in [-0.4, -0.2) is 31.7 Å². The first-order chi connectivity index (χ1) is 16.6. The van der Waals surface area contributed by atoms with Crippen LogP contribution in [0.5, 0.6) is 0 Å². The lowest BCUT2D eigenvalue weighted by Gasteiger charge is -2.40. The van der Waals surface area contributed by atoms with Crippen LogP contribution in [0.15, 0.2) is 109 Å². The second-order valence-corrected chi connectivity index (χ2v) is 8.60. The maximum atomic E-state index is 6.93. The summed E-state index contributed by atoms with van der Waals surface area (Å²) in [4.78, 5) is 0. The van der Waals surface area contributed by atoms with E-state index in [2.05, 4.69) is 42.1 Å². The fourth-order valence-corrected chi connectivity index (χ4v) is 4.20. The predicted octanol–water partition coefficient (Wildman–Crippen LogP) is 6.22. The van der Waals surface area contributed by atoms with E-state index in [0.717, 1.165) is 22.3 Å². The average Bonchev–Trinajstić information content (AvgIpc) is 2.87. The van der Waals surface area contributed by atoms with E-state index in [4.69, 9.17) is 18.9 Å². The van der Waals surface area contributed by atoms with Crippen molar-refractivity contribution in [2.75, 3.05) is 13.2 Å². The van der Waals surface area contributed by atoms with E-state index in [1.54, 1.807) is 6.26 Å². The van der Waals surface area contributed by atoms with E-state index in [1.165, 1.54) is 0 Å². The Morgan fingerprint density at radius 1 is 0.882 bits per heavy atom. The summed E-state index contributed by atoms with van der Waals surface area (Å²) in [6.07, 6.45) is 0.646. The summed E-state index contributed by atoms with van der Waals surface area (Å²) in [5, 5.41) is 0. The van der Waals surface area contributed by atoms with E-state index in [9.17, 15) is 0 Å². The Balaban J connectivity index is 1.73. The number of hydrogen-bond acceptors (Lipinski definition) is 4. The van der Waals surface area contributed by atoms with Gasteiger partial charge < -0.3 is 18.9 Å². The van der Waals surface area contributed by atoms with E-state index in [-0.39, 0.29) is 18.5 Å². The first-order valence-electron chi connectivity index (χ1n) is 11.7. The molecule has 0 aromatic heterocycles. The molecule has 1 aliphatic heterocycles. The third-order valence-electron chi connectivity index (χ3n) is 5.87. The molecule has 34 heavy (non-hydrogen) atoms. The van der Waals surface area contributed by atoms with Gasteiger partial charge in [-0.3, -0.25) is 0 Å². The van der Waals surface area contributed by atoms with Gasteiger partial charge in [-0.05, 0) is 43.0 Å². The summed E-state index contributed by atoms with van der Waals surface area (Å²) in [6, 6.07) is 31.0. The molecule has 1 heterocycles. The van der Waals surface area contributed by atoms with Crippen molar-refractivity contribution in [3.8, 4) is 0 Å². The Morgan fingerprint density at radius 2 is 1.38 bits per heavy atom. The molecule has 0 bridgehead atoms. The van der Waals surface area contributed by atoms with E-state index in [0.29, 0.717) is 13.2 Å². The molecule has 1 aliphatic rings. The van der Waals surface area contributed by atoms with Crippen LogP contribution in [-0.2, 0) is 24.5 Å². The van der Waals surface area contributed by atoms with Crippen LogP contribution < -0.4 is 0 Å². The van der Waals surface area contributed by atoms with E-state index < -0.39 is 5.60 Å². The van der Waals surface area contributed by atoms with Crippen LogP contribution >= 0.6 is 0 Å². The van der Waals surface area contributed by atoms with Gasteiger partial charge in [0.1, 0.15) is 18.0 Å². The molecule has 4 heteroatoms. The van der Waals surface area contributed by atoms with Crippen LogP contribution in [0.1, 0.15) is 37.5 Å². The van der Waals surface area contributed by atoms with Crippen LogP contribution in [0.3, 0.4) is 0 Å². The van der Waals surface area contributed by atoms with Gasteiger partial charge in [0.05, 0.1) is 13.2 Å². The third kappa shape index (κ3) is 5.49. The summed E-state index contributed by atoms with van der Waals surface area (Å²) in [6.45, 7) is 6.59. The number of rotatable bonds is 8. The fraction of sp³-hybridized carbons (Fsp3) is 0.300. The van der Waals surface area contributed by atoms with Gasteiger partial charge in [0, 0.05) is 0 Å². The highest BCUT2D eigenvalue weighted by molar-refractivity contribution is 5.47. The first kappa shape index (κ1) is 24.0. The molecule has 1 saturated heterocycles. The molecule has 176 valence electrons. The molecule has 0 saturated carbocycles. The van der Waals surface area contributed by atoms with Crippen molar-refractivity contribution in [1.82, 2.24) is 0 Å². The quantitative estimate of drug-likeness (QED) is 0.229. The molecule has 0 spiro atoms. The minimum Gasteiger partial charge on any atom is -0.485 e. The minimum atomic E-state index is -0.811. The Bertz CT molecular complexity index is 988. The Hall–Kier alpha value is -3.14. The normalized spacial score (nSPS) is 20.3. The Kier molecular flexibility index (Phi) is 7.99. The first-order valence-corrected chi connectivity index (χ1v) is 11.7. The maximum Gasteiger partial charge on any atom is 0.155 e. The fourth-order valence-electron chi connectivity index (χ4n) is 4.20. The lowest BCUT2D eigenvalue weighted by atomic mass is 9.80. The zero-order valence-electron chi connectivity index (χ0n) is 20.0. The van der Waals surface area contributed by atoms with Crippen LogP contribution in [0, 0.1) is 0 Å². The highest BCUT2D eigenvalue weighted by Crippen LogP contribution is 2.41. The van der Waals surface area contributed by atoms with Crippen molar-refractivity contribution in [3.05, 3.63) is 125 Å². The van der Waals surface area contributed by atoms with E-state index >= 15 is 0 Å². The van der Waals surface area contributed by atoms with Gasteiger partial charge in [-0.15, -0.1) is 0 Å². The molecule has 3 aromatic carbocycles. The SMILES string of the molecule is CC(C)=C=CO[C@H]1COC(C)O[C@@H]1COC(c1ccccc1)(c1ccccc1)c1ccccc1. The molecule has 0 N–H and O–H groups in total. The predicted molar refractivity (Wildman–Crippen MR) is 133 cm³/mol. The minimum absolute atomic E-state index is 0.303. The molecule has 4 nitrogen and oxygen atoms in total. The van der Waals surface area contributed by atoms with Crippen molar-refractivity contribution in [3.63, 3.8) is 0 Å². The summed E-state index contributed by atoms with van der Waals surface area (Å²) < 4.78 is 24.7. The monoisotopic (exact) mass is 456 g/mol. The van der Waals surface area contributed by atoms with Gasteiger partial charge in [0.2, 0.25) is 0 Å². The Morgan fingerprint density at radius 3 is 1.85 bits per heavy atom. The number of benzene rings is 3. The Labute approximate surface area is 202 Å². The number of allylic oxidation sites excluding steroid dienone is 1. The lowest BCUT2D eigenvalue weighted by molar-refractivity contribution is -0.259. The topological polar surface area (TPSA) is 36.9 Å². The summed E-state index contributed by atoms with van der Waals surface area (Å²) in [5.41, 5.74) is 6.47. The largest absolute Gasteiger partial charge is 0.485 e. The lowest BCUT2D eigenvalue weighted by Crippen LogP contribution is -2.48. The molecule has 0 amide bonds. The summed E-state index contributed by atoms with van der Waals surface area (Å²) >= 11 is 0. The molecule has 1 unspecified atom stereocenters. The van der Waals surface area contributed by atoms with Crippen LogP contribution in [0.25, 0.3) is 0 Å². The van der Waals surface area contributed by atoms with Gasteiger partial charge in [-0.1, -0.05) is 96.7 Å². The molecule has 3 atom stereocenters. The molecule has 0 aliphatic carbocycles. The van der Waals surface area contributed by atoms with Crippen LogP contribution in [0.2, 0.25) is 0 Å². The molecule has 0 radical (unpaired) electrons. The average molecular weight is 457 g/mol. The molecule has 3 aromatic rings. The highest BCUT2D eigenvalue weighted by atomic mass is 16.7. The molecule has 1 fully saturated rings. The third-order valence-corrected chi connectivity index (χ3v) is 5.87. The van der Waals surface area contributed by atoms with Crippen molar-refractivity contribution in [1.29, 1.82) is 0 Å². The van der Waals surface area contributed by atoms with Gasteiger partial charge in [0.15, 0.2) is 12.4 Å². The van der Waals surface area contributed by atoms with E-state index in [1.807, 2.05) is 75.4 Å². The van der Waals surface area contributed by atoms with Crippen molar-refractivity contribution in [2.24, 2.45) is 0 Å². The second kappa shape index (κ2) is 11.3. The van der Waals surface area contributed by atoms with Crippen molar-refractivity contribution in [2.45, 2.75) is 44.9 Å². The number of ether oxygens (including phenoxy) is 4. The van der Waals surface area contributed by atoms with Crippen molar-refractivity contribution < 1.29 is 18.9 Å². The van der Waals surface area contributed by atoms with Crippen molar-refractivity contribution >= 4 is 0 Å². The smallest absolute Gasteiger partial charge is 0.155 e. The standard InChI is InChI=1S/C30H32O4/c1-23(2)19-20-31-28-21-32-24(3)34-29(28)22-33-30(25-13-7-4-8-14-25,26-15-9-5-10-16-26)27-17-11-6-12-18-27/h4-18,20,24,28-29H,21-22H2,1-3H3/t24?,28-,29+/m0/s1. The number of hydrogen-bond donors (Lipinski definition) is 0. The molecule has 4 rings (SSSR count). The van der Waals surface area contributed by atoms with Gasteiger partial charge in [-0.25, -0.2) is 0 Å². The highest BCUT2D eigenvalue weighted by Gasteiger charge is 2.40. The maximum absolute atomic E-state index is 6.93. The zero-order valence-corrected chi connectivity index (χ0v) is 20.0. The second-order valence-electron chi connectivity index (χ2n) is 8.60. The summed E-state index contributed by atoms with van der Waals surface area (Å²) in [7, 11) is 0. The van der Waals surface area contributed by atoms with Gasteiger partial charge in [0.25, 0.3) is 0 Å². The zero-order chi connectivity index (χ0) is 23.8. The summed E-state index contributed by atoms with van der Waals surface area (Å²) in [5.74, 6) is 0. The van der Waals surface area contributed by atoms with Gasteiger partial charge >= 0.3 is 0 Å². The van der Waals surface area contributed by atoms with Gasteiger partial charge in [-0.2, -0.15) is 0 Å². The molecular formula is C30H32O4.